The van der Waals surface area contributed by atoms with Gasteiger partial charge in [-0.15, -0.1) is 5.10 Å². The molecule has 0 atom stereocenters. The van der Waals surface area contributed by atoms with E-state index in [2.05, 4.69) is 10.1 Å². The summed E-state index contributed by atoms with van der Waals surface area (Å²) in [6, 6.07) is 16.3. The van der Waals surface area contributed by atoms with Crippen LogP contribution in [0.4, 0.5) is 0 Å². The van der Waals surface area contributed by atoms with Crippen molar-refractivity contribution in [1.82, 2.24) is 14.6 Å². The fourth-order valence-electron chi connectivity index (χ4n) is 3.63. The van der Waals surface area contributed by atoms with Crippen LogP contribution in [0, 0.1) is 0 Å². The van der Waals surface area contributed by atoms with Gasteiger partial charge in [-0.2, -0.15) is 9.50 Å². The maximum absolute atomic E-state index is 12.9. The Morgan fingerprint density at radius 2 is 1.78 bits per heavy atom. The molecule has 180 valence electrons. The average Bonchev–Trinajstić information content (AvgIpc) is 3.59. The first-order chi connectivity index (χ1) is 17.4. The molecule has 0 unspecified atom stereocenters. The molecule has 0 aliphatic rings. The van der Waals surface area contributed by atoms with Crippen LogP contribution in [0.25, 0.3) is 34.5 Å². The standard InChI is InChI=1S/C27H21N3O5S/c1-16(31)18-6-8-19(9-7-18)21-12-10-20(35-21)15-24-26(32)30-27(36-24)28-25(29-30)13-5-17-4-11-22(33-2)23(14-17)34-3/h4-15H,1-3H3. The van der Waals surface area contributed by atoms with Crippen LogP contribution in [0.15, 0.2) is 63.8 Å². The van der Waals surface area contributed by atoms with E-state index in [9.17, 15) is 9.59 Å². The molecule has 36 heavy (non-hydrogen) atoms. The average molecular weight is 500 g/mol. The lowest BCUT2D eigenvalue weighted by Crippen LogP contribution is -2.23. The van der Waals surface area contributed by atoms with Gasteiger partial charge in [0.1, 0.15) is 16.1 Å². The summed E-state index contributed by atoms with van der Waals surface area (Å²) < 4.78 is 18.2. The Labute approximate surface area is 209 Å². The fraction of sp³-hybridized carbons (Fsp3) is 0.111. The number of carbonyl (C=O) groups is 1. The van der Waals surface area contributed by atoms with Crippen LogP contribution in [0.1, 0.15) is 34.4 Å². The maximum atomic E-state index is 12.9. The molecule has 5 aromatic rings. The van der Waals surface area contributed by atoms with Crippen LogP contribution in [0.5, 0.6) is 11.5 Å². The first kappa shape index (κ1) is 23.3. The molecular weight excluding hydrogens is 478 g/mol. The Morgan fingerprint density at radius 3 is 2.47 bits per heavy atom. The summed E-state index contributed by atoms with van der Waals surface area (Å²) in [5.41, 5.74) is 2.10. The van der Waals surface area contributed by atoms with Crippen molar-refractivity contribution in [1.29, 1.82) is 0 Å². The normalized spacial score (nSPS) is 12.0. The Balaban J connectivity index is 1.38. The number of Topliss-reactive ketones (excluding diaryl/α,β-unsaturated/α-hetero) is 1. The van der Waals surface area contributed by atoms with Crippen molar-refractivity contribution in [3.8, 4) is 22.8 Å². The van der Waals surface area contributed by atoms with Crippen molar-refractivity contribution in [3.05, 3.63) is 92.2 Å². The number of rotatable bonds is 7. The minimum atomic E-state index is -0.267. The molecule has 3 heterocycles. The van der Waals surface area contributed by atoms with Crippen molar-refractivity contribution in [2.24, 2.45) is 0 Å². The van der Waals surface area contributed by atoms with E-state index in [-0.39, 0.29) is 11.3 Å². The zero-order valence-corrected chi connectivity index (χ0v) is 20.5. The smallest absolute Gasteiger partial charge is 0.291 e. The summed E-state index contributed by atoms with van der Waals surface area (Å²) in [4.78, 5) is 29.3. The first-order valence-electron chi connectivity index (χ1n) is 11.0. The molecule has 0 aliphatic heterocycles. The van der Waals surface area contributed by atoms with Crippen LogP contribution in [-0.2, 0) is 0 Å². The van der Waals surface area contributed by atoms with Gasteiger partial charge in [-0.05, 0) is 42.8 Å². The van der Waals surface area contributed by atoms with Gasteiger partial charge in [0.15, 0.2) is 23.1 Å². The van der Waals surface area contributed by atoms with Gasteiger partial charge in [0.05, 0.1) is 14.2 Å². The second kappa shape index (κ2) is 9.63. The predicted molar refractivity (Wildman–Crippen MR) is 139 cm³/mol. The van der Waals surface area contributed by atoms with Gasteiger partial charge in [-0.1, -0.05) is 47.7 Å². The molecular formula is C27H21N3O5S. The Bertz CT molecular complexity index is 1710. The summed E-state index contributed by atoms with van der Waals surface area (Å²) in [5.74, 6) is 2.88. The zero-order chi connectivity index (χ0) is 25.2. The van der Waals surface area contributed by atoms with Gasteiger partial charge in [0.25, 0.3) is 5.56 Å². The number of thiazole rings is 1. The topological polar surface area (TPSA) is 95.9 Å². The number of benzene rings is 2. The summed E-state index contributed by atoms with van der Waals surface area (Å²) in [5, 5.41) is 4.32. The third-order valence-corrected chi connectivity index (χ3v) is 6.47. The number of hydrogen-bond donors (Lipinski definition) is 0. The third kappa shape index (κ3) is 4.56. The second-order valence-corrected chi connectivity index (χ2v) is 8.87. The highest BCUT2D eigenvalue weighted by atomic mass is 32.1. The van der Waals surface area contributed by atoms with Gasteiger partial charge in [0.2, 0.25) is 4.96 Å². The van der Waals surface area contributed by atoms with Crippen molar-refractivity contribution in [2.75, 3.05) is 14.2 Å². The van der Waals surface area contributed by atoms with Crippen LogP contribution >= 0.6 is 11.3 Å². The van der Waals surface area contributed by atoms with Crippen molar-refractivity contribution < 1.29 is 18.7 Å². The van der Waals surface area contributed by atoms with E-state index in [1.165, 1.54) is 22.8 Å². The summed E-state index contributed by atoms with van der Waals surface area (Å²) in [7, 11) is 3.17. The number of nitrogens with zero attached hydrogens (tertiary/aromatic N) is 3. The lowest BCUT2D eigenvalue weighted by Gasteiger charge is -2.07. The quantitative estimate of drug-likeness (QED) is 0.307. The van der Waals surface area contributed by atoms with Crippen molar-refractivity contribution in [3.63, 3.8) is 0 Å². The fourth-order valence-corrected chi connectivity index (χ4v) is 4.53. The summed E-state index contributed by atoms with van der Waals surface area (Å²) >= 11 is 1.24. The number of ether oxygens (including phenoxy) is 2. The number of carbonyl (C=O) groups excluding carboxylic acids is 1. The Morgan fingerprint density at radius 1 is 1.00 bits per heavy atom. The molecule has 0 saturated heterocycles. The third-order valence-electron chi connectivity index (χ3n) is 5.51. The minimum absolute atomic E-state index is 0.00826. The molecule has 0 aliphatic carbocycles. The van der Waals surface area contributed by atoms with E-state index in [4.69, 9.17) is 13.9 Å². The highest BCUT2D eigenvalue weighted by Gasteiger charge is 2.11. The van der Waals surface area contributed by atoms with Crippen LogP contribution in [0.2, 0.25) is 0 Å². The van der Waals surface area contributed by atoms with Gasteiger partial charge in [0, 0.05) is 17.2 Å². The Kier molecular flexibility index (Phi) is 6.22. The van der Waals surface area contributed by atoms with Gasteiger partial charge < -0.3 is 13.9 Å². The molecule has 0 saturated carbocycles. The molecule has 0 radical (unpaired) electrons. The van der Waals surface area contributed by atoms with Crippen LogP contribution < -0.4 is 19.6 Å². The molecule has 0 fully saturated rings. The number of aromatic nitrogens is 3. The van der Waals surface area contributed by atoms with Crippen molar-refractivity contribution >= 4 is 40.3 Å². The lowest BCUT2D eigenvalue weighted by atomic mass is 10.1. The van der Waals surface area contributed by atoms with E-state index in [0.717, 1.165) is 11.1 Å². The minimum Gasteiger partial charge on any atom is -0.493 e. The molecule has 0 spiro atoms. The monoisotopic (exact) mass is 499 g/mol. The van der Waals surface area contributed by atoms with Gasteiger partial charge in [-0.3, -0.25) is 9.59 Å². The molecule has 0 bridgehead atoms. The zero-order valence-electron chi connectivity index (χ0n) is 19.7. The molecule has 2 aromatic carbocycles. The molecule has 0 amide bonds. The number of ketones is 1. The Hall–Kier alpha value is -4.50. The molecule has 5 rings (SSSR count). The molecule has 8 nitrogen and oxygen atoms in total. The maximum Gasteiger partial charge on any atom is 0.291 e. The SMILES string of the molecule is COc1ccc(C=Cc2nc3sc(=Cc4ccc(-c5ccc(C(C)=O)cc5)o4)c(=O)n3n2)cc1OC. The van der Waals surface area contributed by atoms with Crippen molar-refractivity contribution in [2.45, 2.75) is 6.92 Å². The predicted octanol–water partition coefficient (Wildman–Crippen LogP) is 4.35. The first-order valence-corrected chi connectivity index (χ1v) is 11.8. The number of furan rings is 1. The van der Waals surface area contributed by atoms with Crippen LogP contribution in [-0.4, -0.2) is 34.6 Å². The molecule has 3 aromatic heterocycles. The highest BCUT2D eigenvalue weighted by molar-refractivity contribution is 7.15. The largest absolute Gasteiger partial charge is 0.493 e. The van der Waals surface area contributed by atoms with E-state index >= 15 is 0 Å². The highest BCUT2D eigenvalue weighted by Crippen LogP contribution is 2.28. The molecule has 0 N–H and O–H groups in total. The van der Waals surface area contributed by atoms with Gasteiger partial charge in [-0.25, -0.2) is 0 Å². The van der Waals surface area contributed by atoms with E-state index in [1.54, 1.807) is 44.6 Å². The summed E-state index contributed by atoms with van der Waals surface area (Å²) in [6.45, 7) is 1.53. The number of fused-ring (bicyclic) bond motifs is 1. The van der Waals surface area contributed by atoms with Gasteiger partial charge >= 0.3 is 0 Å². The van der Waals surface area contributed by atoms with E-state index in [1.807, 2.05) is 42.5 Å². The molecule has 9 heteroatoms. The second-order valence-electron chi connectivity index (χ2n) is 7.86. The number of hydrogen-bond acceptors (Lipinski definition) is 8. The summed E-state index contributed by atoms with van der Waals surface area (Å²) in [6.07, 6.45) is 5.25. The van der Waals surface area contributed by atoms with E-state index in [0.29, 0.717) is 43.9 Å². The number of methoxy groups -OCH3 is 2. The van der Waals surface area contributed by atoms with E-state index < -0.39 is 0 Å². The lowest BCUT2D eigenvalue weighted by molar-refractivity contribution is 0.101. The van der Waals surface area contributed by atoms with Crippen LogP contribution in [0.3, 0.4) is 0 Å².